The standard InChI is InChI=1S/C14H19F2NO2/c1-8(14(2,3)4)7-17-12-10(15)5-9(13(18)19)6-11(12)16/h5-6,8,17H,7H2,1-4H3,(H,18,19). The number of hydrogen-bond donors (Lipinski definition) is 2. The predicted octanol–water partition coefficient (Wildman–Crippen LogP) is 3.76. The molecule has 106 valence electrons. The number of anilines is 1. The lowest BCUT2D eigenvalue weighted by Crippen LogP contribution is -2.25. The smallest absolute Gasteiger partial charge is 0.335 e. The third kappa shape index (κ3) is 3.91. The van der Waals surface area contributed by atoms with Gasteiger partial charge in [-0.1, -0.05) is 27.7 Å². The third-order valence-corrected chi connectivity index (χ3v) is 3.35. The van der Waals surface area contributed by atoms with Crippen molar-refractivity contribution in [3.05, 3.63) is 29.3 Å². The van der Waals surface area contributed by atoms with Gasteiger partial charge in [-0.15, -0.1) is 0 Å². The van der Waals surface area contributed by atoms with E-state index in [0.717, 1.165) is 12.1 Å². The van der Waals surface area contributed by atoms with E-state index in [9.17, 15) is 13.6 Å². The predicted molar refractivity (Wildman–Crippen MR) is 70.4 cm³/mol. The lowest BCUT2D eigenvalue weighted by atomic mass is 9.82. The molecule has 0 spiro atoms. The highest BCUT2D eigenvalue weighted by atomic mass is 19.1. The maximum absolute atomic E-state index is 13.7. The molecule has 0 radical (unpaired) electrons. The van der Waals surface area contributed by atoms with E-state index < -0.39 is 23.2 Å². The van der Waals surface area contributed by atoms with Crippen molar-refractivity contribution in [1.29, 1.82) is 0 Å². The first-order chi connectivity index (χ1) is 8.62. The summed E-state index contributed by atoms with van der Waals surface area (Å²) in [5.74, 6) is -2.94. The van der Waals surface area contributed by atoms with Crippen LogP contribution in [-0.2, 0) is 0 Å². The molecule has 0 aliphatic rings. The molecular weight excluding hydrogens is 252 g/mol. The summed E-state index contributed by atoms with van der Waals surface area (Å²) in [7, 11) is 0. The Hall–Kier alpha value is -1.65. The van der Waals surface area contributed by atoms with Crippen LogP contribution in [0.15, 0.2) is 12.1 Å². The number of halogens is 2. The highest BCUT2D eigenvalue weighted by Crippen LogP contribution is 2.27. The zero-order valence-corrected chi connectivity index (χ0v) is 11.6. The molecular formula is C14H19F2NO2. The molecule has 1 atom stereocenters. The van der Waals surface area contributed by atoms with E-state index >= 15 is 0 Å². The summed E-state index contributed by atoms with van der Waals surface area (Å²) >= 11 is 0. The van der Waals surface area contributed by atoms with E-state index in [1.54, 1.807) is 0 Å². The molecule has 0 saturated carbocycles. The van der Waals surface area contributed by atoms with Gasteiger partial charge in [-0.2, -0.15) is 0 Å². The number of rotatable bonds is 4. The van der Waals surface area contributed by atoms with Gasteiger partial charge >= 0.3 is 5.97 Å². The number of carboxylic acids is 1. The Labute approximate surface area is 111 Å². The fraction of sp³-hybridized carbons (Fsp3) is 0.500. The van der Waals surface area contributed by atoms with Gasteiger partial charge in [-0.3, -0.25) is 0 Å². The topological polar surface area (TPSA) is 49.3 Å². The van der Waals surface area contributed by atoms with E-state index in [0.29, 0.717) is 6.54 Å². The molecule has 0 amide bonds. The number of hydrogen-bond acceptors (Lipinski definition) is 2. The summed E-state index contributed by atoms with van der Waals surface area (Å²) in [4.78, 5) is 10.7. The van der Waals surface area contributed by atoms with Crippen LogP contribution in [0.3, 0.4) is 0 Å². The second-order valence-corrected chi connectivity index (χ2v) is 5.77. The van der Waals surface area contributed by atoms with Crippen molar-refractivity contribution in [2.75, 3.05) is 11.9 Å². The molecule has 1 aromatic carbocycles. The fourth-order valence-corrected chi connectivity index (χ4v) is 1.43. The average molecular weight is 271 g/mol. The first-order valence-corrected chi connectivity index (χ1v) is 6.09. The second kappa shape index (κ2) is 5.55. The van der Waals surface area contributed by atoms with Crippen LogP contribution in [0.1, 0.15) is 38.1 Å². The Morgan fingerprint density at radius 2 is 1.79 bits per heavy atom. The summed E-state index contributed by atoms with van der Waals surface area (Å²) in [5, 5.41) is 11.4. The van der Waals surface area contributed by atoms with Gasteiger partial charge in [0.05, 0.1) is 5.56 Å². The summed E-state index contributed by atoms with van der Waals surface area (Å²) in [5.41, 5.74) is -0.661. The Kier molecular flexibility index (Phi) is 4.50. The van der Waals surface area contributed by atoms with Crippen LogP contribution in [-0.4, -0.2) is 17.6 Å². The van der Waals surface area contributed by atoms with Gasteiger partial charge in [-0.25, -0.2) is 13.6 Å². The zero-order valence-electron chi connectivity index (χ0n) is 11.6. The molecule has 0 aromatic heterocycles. The molecule has 0 saturated heterocycles. The third-order valence-electron chi connectivity index (χ3n) is 3.35. The SMILES string of the molecule is CC(CNc1c(F)cc(C(=O)O)cc1F)C(C)(C)C. The highest BCUT2D eigenvalue weighted by Gasteiger charge is 2.21. The number of benzene rings is 1. The van der Waals surface area contributed by atoms with Crippen LogP contribution < -0.4 is 5.32 Å². The number of carbonyl (C=O) groups is 1. The van der Waals surface area contributed by atoms with Gasteiger partial charge in [-0.05, 0) is 23.5 Å². The largest absolute Gasteiger partial charge is 0.478 e. The molecule has 0 bridgehead atoms. The van der Waals surface area contributed by atoms with Crippen molar-refractivity contribution in [3.63, 3.8) is 0 Å². The summed E-state index contributed by atoms with van der Waals surface area (Å²) in [6, 6.07) is 1.63. The van der Waals surface area contributed by atoms with Gasteiger partial charge < -0.3 is 10.4 Å². The molecule has 5 heteroatoms. The molecule has 3 nitrogen and oxygen atoms in total. The van der Waals surface area contributed by atoms with Gasteiger partial charge in [0, 0.05) is 6.54 Å². The minimum absolute atomic E-state index is 0.0148. The maximum atomic E-state index is 13.7. The van der Waals surface area contributed by atoms with Crippen molar-refractivity contribution < 1.29 is 18.7 Å². The van der Waals surface area contributed by atoms with Crippen LogP contribution in [0, 0.1) is 23.0 Å². The molecule has 2 N–H and O–H groups in total. The summed E-state index contributed by atoms with van der Waals surface area (Å²) in [6.45, 7) is 8.51. The monoisotopic (exact) mass is 271 g/mol. The van der Waals surface area contributed by atoms with Crippen LogP contribution in [0.2, 0.25) is 0 Å². The van der Waals surface area contributed by atoms with E-state index in [2.05, 4.69) is 5.32 Å². The first-order valence-electron chi connectivity index (χ1n) is 6.09. The summed E-state index contributed by atoms with van der Waals surface area (Å²) < 4.78 is 27.3. The van der Waals surface area contributed by atoms with Crippen LogP contribution >= 0.6 is 0 Å². The molecule has 0 aliphatic heterocycles. The fourth-order valence-electron chi connectivity index (χ4n) is 1.43. The number of carboxylic acid groups (broad SMARTS) is 1. The second-order valence-electron chi connectivity index (χ2n) is 5.77. The zero-order chi connectivity index (χ0) is 14.8. The van der Waals surface area contributed by atoms with Crippen LogP contribution in [0.25, 0.3) is 0 Å². The molecule has 0 aliphatic carbocycles. The van der Waals surface area contributed by atoms with Crippen molar-refractivity contribution in [3.8, 4) is 0 Å². The maximum Gasteiger partial charge on any atom is 0.335 e. The average Bonchev–Trinajstić information content (AvgIpc) is 2.25. The van der Waals surface area contributed by atoms with Gasteiger partial charge in [0.1, 0.15) is 17.3 Å². The Morgan fingerprint density at radius 1 is 1.32 bits per heavy atom. The van der Waals surface area contributed by atoms with Gasteiger partial charge in [0.2, 0.25) is 0 Å². The highest BCUT2D eigenvalue weighted by molar-refractivity contribution is 5.88. The Bertz CT molecular complexity index is 458. The molecule has 19 heavy (non-hydrogen) atoms. The van der Waals surface area contributed by atoms with E-state index in [1.165, 1.54) is 0 Å². The van der Waals surface area contributed by atoms with E-state index in [-0.39, 0.29) is 17.0 Å². The van der Waals surface area contributed by atoms with Crippen molar-refractivity contribution in [2.24, 2.45) is 11.3 Å². The lowest BCUT2D eigenvalue weighted by molar-refractivity contribution is 0.0696. The first kappa shape index (κ1) is 15.4. The lowest BCUT2D eigenvalue weighted by Gasteiger charge is -2.27. The van der Waals surface area contributed by atoms with Crippen LogP contribution in [0.4, 0.5) is 14.5 Å². The number of aromatic carboxylic acids is 1. The molecule has 0 fully saturated rings. The van der Waals surface area contributed by atoms with Crippen LogP contribution in [0.5, 0.6) is 0 Å². The summed E-state index contributed by atoms with van der Waals surface area (Å²) in [6.07, 6.45) is 0. The van der Waals surface area contributed by atoms with Gasteiger partial charge in [0.15, 0.2) is 0 Å². The molecule has 0 heterocycles. The Morgan fingerprint density at radius 3 is 2.16 bits per heavy atom. The van der Waals surface area contributed by atoms with Crippen molar-refractivity contribution in [1.82, 2.24) is 0 Å². The molecule has 1 unspecified atom stereocenters. The molecule has 1 rings (SSSR count). The quantitative estimate of drug-likeness (QED) is 0.876. The van der Waals surface area contributed by atoms with E-state index in [4.69, 9.17) is 5.11 Å². The molecule has 1 aromatic rings. The van der Waals surface area contributed by atoms with Gasteiger partial charge in [0.25, 0.3) is 0 Å². The van der Waals surface area contributed by atoms with Crippen molar-refractivity contribution >= 4 is 11.7 Å². The Balaban J connectivity index is 2.88. The van der Waals surface area contributed by atoms with Crippen molar-refractivity contribution in [2.45, 2.75) is 27.7 Å². The minimum atomic E-state index is -1.35. The van der Waals surface area contributed by atoms with E-state index in [1.807, 2.05) is 27.7 Å². The minimum Gasteiger partial charge on any atom is -0.478 e. The number of nitrogens with one attached hydrogen (secondary N) is 1. The normalized spacial score (nSPS) is 13.2.